The number of nitrogens with one attached hydrogen (secondary N) is 1. The van der Waals surface area contributed by atoms with E-state index in [1.807, 2.05) is 67.9 Å². The lowest BCUT2D eigenvalue weighted by Crippen LogP contribution is -2.31. The highest BCUT2D eigenvalue weighted by Crippen LogP contribution is 2.35. The van der Waals surface area contributed by atoms with Crippen LogP contribution in [-0.2, 0) is 17.9 Å². The molecule has 5 nitrogen and oxygen atoms in total. The molecule has 3 heterocycles. The number of rotatable bonds is 7. The Morgan fingerprint density at radius 1 is 1.23 bits per heavy atom. The average Bonchev–Trinajstić information content (AvgIpc) is 3.43. The van der Waals surface area contributed by atoms with Crippen LogP contribution < -0.4 is 10.9 Å². The lowest BCUT2D eigenvalue weighted by Gasteiger charge is -2.15. The number of aryl methyl sites for hydroxylation is 1. The summed E-state index contributed by atoms with van der Waals surface area (Å²) in [5.74, 6) is -0.0759. The predicted molar refractivity (Wildman–Crippen MR) is 131 cm³/mol. The standard InChI is InChI=1S/C23H23N3O2S3/c1-4-26-22(28)19-17(18-6-5-11-29-18)13-30-21(19)25-23(26)31-15(3)20(27)24-12-16-9-7-14(2)8-10-16/h5-11,13,15H,4,12H2,1-3H3,(H,24,27). The minimum absolute atomic E-state index is 0.0492. The highest BCUT2D eigenvalue weighted by atomic mass is 32.2. The molecule has 1 N–H and O–H groups in total. The van der Waals surface area contributed by atoms with Crippen molar-refractivity contribution in [3.05, 3.63) is 68.6 Å². The first-order valence-corrected chi connectivity index (χ1v) is 12.7. The van der Waals surface area contributed by atoms with Crippen molar-refractivity contribution in [2.45, 2.75) is 44.3 Å². The van der Waals surface area contributed by atoms with E-state index in [-0.39, 0.29) is 16.7 Å². The van der Waals surface area contributed by atoms with Crippen LogP contribution in [0.5, 0.6) is 0 Å². The second-order valence-corrected chi connectivity index (χ2v) is 10.3. The quantitative estimate of drug-likeness (QED) is 0.294. The summed E-state index contributed by atoms with van der Waals surface area (Å²) in [5, 5.41) is 7.85. The molecule has 0 radical (unpaired) electrons. The number of carbonyl (C=O) groups is 1. The summed E-state index contributed by atoms with van der Waals surface area (Å²) in [6.07, 6.45) is 0. The topological polar surface area (TPSA) is 64.0 Å². The Kier molecular flexibility index (Phi) is 6.60. The lowest BCUT2D eigenvalue weighted by molar-refractivity contribution is -0.120. The van der Waals surface area contributed by atoms with E-state index in [0.717, 1.165) is 16.0 Å². The highest BCUT2D eigenvalue weighted by molar-refractivity contribution is 8.00. The molecule has 0 aliphatic heterocycles. The molecule has 1 unspecified atom stereocenters. The Morgan fingerprint density at radius 2 is 2.00 bits per heavy atom. The molecule has 0 saturated heterocycles. The Hall–Kier alpha value is -2.42. The van der Waals surface area contributed by atoms with Crippen molar-refractivity contribution in [2.24, 2.45) is 0 Å². The van der Waals surface area contributed by atoms with Gasteiger partial charge in [0.1, 0.15) is 4.83 Å². The van der Waals surface area contributed by atoms with Crippen LogP contribution in [-0.4, -0.2) is 20.7 Å². The molecule has 31 heavy (non-hydrogen) atoms. The number of aromatic nitrogens is 2. The van der Waals surface area contributed by atoms with Crippen LogP contribution in [0.3, 0.4) is 0 Å². The second-order valence-electron chi connectivity index (χ2n) is 7.21. The maximum Gasteiger partial charge on any atom is 0.263 e. The zero-order valence-corrected chi connectivity index (χ0v) is 20.0. The van der Waals surface area contributed by atoms with E-state index in [1.165, 1.54) is 28.7 Å². The molecule has 0 aliphatic rings. The molecule has 8 heteroatoms. The third kappa shape index (κ3) is 4.61. The summed E-state index contributed by atoms with van der Waals surface area (Å²) in [6.45, 7) is 6.79. The van der Waals surface area contributed by atoms with Crippen molar-refractivity contribution >= 4 is 50.6 Å². The molecule has 0 aliphatic carbocycles. The summed E-state index contributed by atoms with van der Waals surface area (Å²) < 4.78 is 1.67. The highest BCUT2D eigenvalue weighted by Gasteiger charge is 2.21. The van der Waals surface area contributed by atoms with Crippen LogP contribution >= 0.6 is 34.4 Å². The minimum atomic E-state index is -0.371. The van der Waals surface area contributed by atoms with Crippen LogP contribution in [0, 0.1) is 6.92 Å². The maximum atomic E-state index is 13.3. The number of thioether (sulfide) groups is 1. The smallest absolute Gasteiger partial charge is 0.263 e. The SMILES string of the molecule is CCn1c(SC(C)C(=O)NCc2ccc(C)cc2)nc2scc(-c3cccs3)c2c1=O. The summed E-state index contributed by atoms with van der Waals surface area (Å²) >= 11 is 4.41. The van der Waals surface area contributed by atoms with E-state index in [9.17, 15) is 9.59 Å². The largest absolute Gasteiger partial charge is 0.351 e. The predicted octanol–water partition coefficient (Wildman–Crippen LogP) is 5.31. The zero-order chi connectivity index (χ0) is 22.0. The molecule has 160 valence electrons. The second kappa shape index (κ2) is 9.38. The van der Waals surface area contributed by atoms with Gasteiger partial charge in [0.15, 0.2) is 5.16 Å². The number of hydrogen-bond donors (Lipinski definition) is 1. The first-order chi connectivity index (χ1) is 15.0. The number of fused-ring (bicyclic) bond motifs is 1. The first kappa shape index (κ1) is 21.8. The number of benzene rings is 1. The fraction of sp³-hybridized carbons (Fsp3) is 0.261. The number of hydrogen-bond acceptors (Lipinski definition) is 6. The molecule has 0 saturated carbocycles. The van der Waals surface area contributed by atoms with Gasteiger partial charge in [0.05, 0.1) is 10.6 Å². The zero-order valence-electron chi connectivity index (χ0n) is 17.5. The summed E-state index contributed by atoms with van der Waals surface area (Å²) in [4.78, 5) is 32.5. The Labute approximate surface area is 193 Å². The third-order valence-electron chi connectivity index (χ3n) is 5.00. The van der Waals surface area contributed by atoms with E-state index in [2.05, 4.69) is 5.32 Å². The van der Waals surface area contributed by atoms with Crippen molar-refractivity contribution in [3.8, 4) is 10.4 Å². The van der Waals surface area contributed by atoms with Gasteiger partial charge in [0.2, 0.25) is 5.91 Å². The van der Waals surface area contributed by atoms with Gasteiger partial charge in [-0.3, -0.25) is 14.2 Å². The minimum Gasteiger partial charge on any atom is -0.351 e. The molecule has 1 amide bonds. The Balaban J connectivity index is 1.55. The number of nitrogens with zero attached hydrogens (tertiary/aromatic N) is 2. The monoisotopic (exact) mass is 469 g/mol. The molecule has 4 rings (SSSR count). The van der Waals surface area contributed by atoms with Crippen molar-refractivity contribution in [1.29, 1.82) is 0 Å². The van der Waals surface area contributed by atoms with Gasteiger partial charge in [0.25, 0.3) is 5.56 Å². The molecule has 0 fully saturated rings. The van der Waals surface area contributed by atoms with Crippen molar-refractivity contribution in [2.75, 3.05) is 0 Å². The van der Waals surface area contributed by atoms with Gasteiger partial charge in [-0.25, -0.2) is 4.98 Å². The van der Waals surface area contributed by atoms with Crippen LogP contribution in [0.1, 0.15) is 25.0 Å². The van der Waals surface area contributed by atoms with Crippen molar-refractivity contribution < 1.29 is 4.79 Å². The molecule has 3 aromatic heterocycles. The summed E-state index contributed by atoms with van der Waals surface area (Å²) in [6, 6.07) is 12.1. The van der Waals surface area contributed by atoms with Gasteiger partial charge < -0.3 is 5.32 Å². The van der Waals surface area contributed by atoms with E-state index in [1.54, 1.807) is 15.9 Å². The molecular weight excluding hydrogens is 446 g/mol. The van der Waals surface area contributed by atoms with E-state index < -0.39 is 0 Å². The van der Waals surface area contributed by atoms with Gasteiger partial charge in [-0.15, -0.1) is 22.7 Å². The molecule has 0 spiro atoms. The lowest BCUT2D eigenvalue weighted by atomic mass is 10.1. The Bertz CT molecular complexity index is 1260. The average molecular weight is 470 g/mol. The molecule has 4 aromatic rings. The van der Waals surface area contributed by atoms with Crippen LogP contribution in [0.15, 0.2) is 57.1 Å². The molecule has 1 aromatic carbocycles. The van der Waals surface area contributed by atoms with Crippen LogP contribution in [0.4, 0.5) is 0 Å². The first-order valence-electron chi connectivity index (χ1n) is 10.0. The van der Waals surface area contributed by atoms with E-state index in [0.29, 0.717) is 28.5 Å². The van der Waals surface area contributed by atoms with Crippen LogP contribution in [0.25, 0.3) is 20.7 Å². The summed E-state index contributed by atoms with van der Waals surface area (Å²) in [7, 11) is 0. The van der Waals surface area contributed by atoms with Gasteiger partial charge in [-0.1, -0.05) is 47.7 Å². The van der Waals surface area contributed by atoms with E-state index in [4.69, 9.17) is 4.98 Å². The van der Waals surface area contributed by atoms with Crippen molar-refractivity contribution in [3.63, 3.8) is 0 Å². The fourth-order valence-electron chi connectivity index (χ4n) is 3.24. The van der Waals surface area contributed by atoms with Crippen LogP contribution in [0.2, 0.25) is 0 Å². The molecular formula is C23H23N3O2S3. The van der Waals surface area contributed by atoms with Gasteiger partial charge in [-0.05, 0) is 37.8 Å². The number of amides is 1. The maximum absolute atomic E-state index is 13.3. The summed E-state index contributed by atoms with van der Waals surface area (Å²) in [5.41, 5.74) is 3.14. The number of carbonyl (C=O) groups excluding carboxylic acids is 1. The van der Waals surface area contributed by atoms with Crippen molar-refractivity contribution in [1.82, 2.24) is 14.9 Å². The van der Waals surface area contributed by atoms with Gasteiger partial charge >= 0.3 is 0 Å². The Morgan fingerprint density at radius 3 is 2.68 bits per heavy atom. The third-order valence-corrected chi connectivity index (χ3v) is 7.87. The van der Waals surface area contributed by atoms with Gasteiger partial charge in [-0.2, -0.15) is 0 Å². The molecule has 1 atom stereocenters. The number of thiophene rings is 2. The fourth-order valence-corrected chi connectivity index (χ4v) is 6.04. The van der Waals surface area contributed by atoms with E-state index >= 15 is 0 Å². The molecule has 0 bridgehead atoms. The van der Waals surface area contributed by atoms with Gasteiger partial charge in [0, 0.05) is 28.9 Å². The normalized spacial score (nSPS) is 12.2.